The van der Waals surface area contributed by atoms with Gasteiger partial charge in [0.05, 0.1) is 0 Å². The Hall–Kier alpha value is -2.08. The van der Waals surface area contributed by atoms with Crippen LogP contribution in [0.2, 0.25) is 0 Å². The number of nitrogen functional groups attached to an aromatic ring is 1. The van der Waals surface area contributed by atoms with Gasteiger partial charge >= 0.3 is 0 Å². The van der Waals surface area contributed by atoms with Crippen LogP contribution in [-0.4, -0.2) is 22.1 Å². The topological polar surface area (TPSA) is 80.9 Å². The van der Waals surface area contributed by atoms with Gasteiger partial charge in [-0.2, -0.15) is 0 Å². The number of rotatable bonds is 3. The molecule has 6 heteroatoms. The predicted molar refractivity (Wildman–Crippen MR) is 91.3 cm³/mol. The van der Waals surface area contributed by atoms with Gasteiger partial charge in [0.2, 0.25) is 0 Å². The van der Waals surface area contributed by atoms with E-state index in [1.54, 1.807) is 6.07 Å². The number of thioether (sulfide) groups is 1. The van der Waals surface area contributed by atoms with Gasteiger partial charge in [0.25, 0.3) is 5.91 Å². The standard InChI is InChI=1S/C16H20N4OS/c1-16(2,3)11-7-5-10(6-8-11)14(21)19-13-9-12(17)18-15(20-13)22-4/h5-9H,1-4H3,(H3,17,18,19,20,21). The smallest absolute Gasteiger partial charge is 0.256 e. The Labute approximate surface area is 134 Å². The minimum absolute atomic E-state index is 0.0589. The summed E-state index contributed by atoms with van der Waals surface area (Å²) in [6, 6.07) is 9.11. The molecule has 0 radical (unpaired) electrons. The van der Waals surface area contributed by atoms with Crippen molar-refractivity contribution in [3.63, 3.8) is 0 Å². The van der Waals surface area contributed by atoms with Gasteiger partial charge in [0.15, 0.2) is 5.16 Å². The monoisotopic (exact) mass is 316 g/mol. The lowest BCUT2D eigenvalue weighted by atomic mass is 9.87. The molecule has 2 aromatic rings. The number of hydrogen-bond donors (Lipinski definition) is 2. The van der Waals surface area contributed by atoms with Crippen molar-refractivity contribution in [3.8, 4) is 0 Å². The Bertz CT molecular complexity index is 678. The van der Waals surface area contributed by atoms with Crippen molar-refractivity contribution < 1.29 is 4.79 Å². The first-order valence-corrected chi connectivity index (χ1v) is 8.12. The maximum Gasteiger partial charge on any atom is 0.256 e. The number of nitrogens with one attached hydrogen (secondary N) is 1. The molecular formula is C16H20N4OS. The molecule has 0 saturated carbocycles. The molecule has 0 spiro atoms. The maximum atomic E-state index is 12.3. The fourth-order valence-corrected chi connectivity index (χ4v) is 2.29. The number of hydrogen-bond acceptors (Lipinski definition) is 5. The molecule has 1 aromatic carbocycles. The zero-order valence-electron chi connectivity index (χ0n) is 13.2. The largest absolute Gasteiger partial charge is 0.383 e. The van der Waals surface area contributed by atoms with E-state index < -0.39 is 0 Å². The van der Waals surface area contributed by atoms with E-state index >= 15 is 0 Å². The summed E-state index contributed by atoms with van der Waals surface area (Å²) >= 11 is 1.37. The van der Waals surface area contributed by atoms with Crippen LogP contribution in [0.4, 0.5) is 11.6 Å². The SMILES string of the molecule is CSc1nc(N)cc(NC(=O)c2ccc(C(C)(C)C)cc2)n1. The number of anilines is 2. The second-order valence-corrected chi connectivity index (χ2v) is 6.72. The minimum Gasteiger partial charge on any atom is -0.383 e. The van der Waals surface area contributed by atoms with E-state index in [0.717, 1.165) is 0 Å². The summed E-state index contributed by atoms with van der Waals surface area (Å²) in [5.41, 5.74) is 7.52. The van der Waals surface area contributed by atoms with Crippen molar-refractivity contribution in [1.29, 1.82) is 0 Å². The predicted octanol–water partition coefficient (Wildman–Crippen LogP) is 3.33. The Balaban J connectivity index is 2.17. The Kier molecular flexibility index (Phi) is 4.71. The zero-order chi connectivity index (χ0) is 16.3. The molecule has 1 amide bonds. The van der Waals surface area contributed by atoms with Crippen molar-refractivity contribution in [1.82, 2.24) is 9.97 Å². The lowest BCUT2D eigenvalue weighted by Crippen LogP contribution is -2.15. The second kappa shape index (κ2) is 6.36. The highest BCUT2D eigenvalue weighted by Gasteiger charge is 2.14. The number of nitrogens with two attached hydrogens (primary N) is 1. The van der Waals surface area contributed by atoms with E-state index in [4.69, 9.17) is 5.73 Å². The van der Waals surface area contributed by atoms with E-state index in [-0.39, 0.29) is 11.3 Å². The van der Waals surface area contributed by atoms with Crippen LogP contribution in [0.3, 0.4) is 0 Å². The van der Waals surface area contributed by atoms with E-state index in [9.17, 15) is 4.79 Å². The number of carbonyl (C=O) groups excluding carboxylic acids is 1. The lowest BCUT2D eigenvalue weighted by molar-refractivity contribution is 0.102. The summed E-state index contributed by atoms with van der Waals surface area (Å²) in [4.78, 5) is 20.5. The number of benzene rings is 1. The Morgan fingerprint density at radius 2 is 1.82 bits per heavy atom. The average Bonchev–Trinajstić information content (AvgIpc) is 2.45. The fraction of sp³-hybridized carbons (Fsp3) is 0.312. The van der Waals surface area contributed by atoms with Gasteiger partial charge in [0, 0.05) is 11.6 Å². The molecule has 2 rings (SSSR count). The van der Waals surface area contributed by atoms with Crippen LogP contribution in [0, 0.1) is 0 Å². The maximum absolute atomic E-state index is 12.3. The summed E-state index contributed by atoms with van der Waals surface area (Å²) < 4.78 is 0. The van der Waals surface area contributed by atoms with Crippen molar-refractivity contribution in [2.45, 2.75) is 31.3 Å². The highest BCUT2D eigenvalue weighted by molar-refractivity contribution is 7.98. The molecule has 1 heterocycles. The molecule has 0 aliphatic rings. The van der Waals surface area contributed by atoms with Crippen LogP contribution in [0.15, 0.2) is 35.5 Å². The van der Waals surface area contributed by atoms with Crippen LogP contribution >= 0.6 is 11.8 Å². The fourth-order valence-electron chi connectivity index (χ4n) is 1.91. The van der Waals surface area contributed by atoms with Crippen LogP contribution < -0.4 is 11.1 Å². The van der Waals surface area contributed by atoms with Gasteiger partial charge in [0.1, 0.15) is 11.6 Å². The first-order chi connectivity index (χ1) is 10.3. The number of nitrogens with zero attached hydrogens (tertiary/aromatic N) is 2. The molecule has 0 aliphatic heterocycles. The van der Waals surface area contributed by atoms with Gasteiger partial charge in [-0.3, -0.25) is 4.79 Å². The molecule has 0 bridgehead atoms. The number of carbonyl (C=O) groups is 1. The molecule has 0 atom stereocenters. The Morgan fingerprint density at radius 1 is 1.18 bits per heavy atom. The number of aromatic nitrogens is 2. The minimum atomic E-state index is -0.217. The highest BCUT2D eigenvalue weighted by atomic mass is 32.2. The normalized spacial score (nSPS) is 11.3. The van der Waals surface area contributed by atoms with Crippen molar-refractivity contribution in [2.75, 3.05) is 17.3 Å². The summed E-state index contributed by atoms with van der Waals surface area (Å²) in [7, 11) is 0. The molecular weight excluding hydrogens is 296 g/mol. The highest BCUT2D eigenvalue weighted by Crippen LogP contribution is 2.22. The first-order valence-electron chi connectivity index (χ1n) is 6.90. The molecule has 0 saturated heterocycles. The Morgan fingerprint density at radius 3 is 2.36 bits per heavy atom. The van der Waals surface area contributed by atoms with E-state index in [2.05, 4.69) is 36.1 Å². The summed E-state index contributed by atoms with van der Waals surface area (Å²) in [5, 5.41) is 3.27. The third kappa shape index (κ3) is 3.98. The summed E-state index contributed by atoms with van der Waals surface area (Å²) in [5.74, 6) is 0.519. The van der Waals surface area contributed by atoms with Crippen LogP contribution in [0.5, 0.6) is 0 Å². The molecule has 0 fully saturated rings. The van der Waals surface area contributed by atoms with E-state index in [1.165, 1.54) is 17.3 Å². The van der Waals surface area contributed by atoms with Crippen molar-refractivity contribution >= 4 is 29.3 Å². The van der Waals surface area contributed by atoms with Crippen molar-refractivity contribution in [2.24, 2.45) is 0 Å². The van der Waals surface area contributed by atoms with Crippen molar-refractivity contribution in [3.05, 3.63) is 41.5 Å². The van der Waals surface area contributed by atoms with Crippen LogP contribution in [-0.2, 0) is 5.41 Å². The molecule has 0 unspecified atom stereocenters. The average molecular weight is 316 g/mol. The molecule has 22 heavy (non-hydrogen) atoms. The molecule has 5 nitrogen and oxygen atoms in total. The van der Waals surface area contributed by atoms with E-state index in [0.29, 0.717) is 22.4 Å². The molecule has 116 valence electrons. The lowest BCUT2D eigenvalue weighted by Gasteiger charge is -2.19. The van der Waals surface area contributed by atoms with Crippen LogP contribution in [0.1, 0.15) is 36.7 Å². The second-order valence-electron chi connectivity index (χ2n) is 5.95. The third-order valence-electron chi connectivity index (χ3n) is 3.16. The van der Waals surface area contributed by atoms with Crippen LogP contribution in [0.25, 0.3) is 0 Å². The summed E-state index contributed by atoms with van der Waals surface area (Å²) in [6.45, 7) is 6.40. The van der Waals surface area contributed by atoms with Gasteiger partial charge in [-0.05, 0) is 29.4 Å². The van der Waals surface area contributed by atoms with Gasteiger partial charge in [-0.25, -0.2) is 9.97 Å². The van der Waals surface area contributed by atoms with Gasteiger partial charge < -0.3 is 11.1 Å². The molecule has 0 aliphatic carbocycles. The molecule has 1 aromatic heterocycles. The first kappa shape index (κ1) is 16.3. The zero-order valence-corrected chi connectivity index (χ0v) is 14.0. The summed E-state index contributed by atoms with van der Waals surface area (Å²) in [6.07, 6.45) is 1.85. The quantitative estimate of drug-likeness (QED) is 0.670. The number of amides is 1. The van der Waals surface area contributed by atoms with E-state index in [1.807, 2.05) is 30.5 Å². The molecule has 3 N–H and O–H groups in total. The van der Waals surface area contributed by atoms with Gasteiger partial charge in [-0.1, -0.05) is 44.7 Å². The van der Waals surface area contributed by atoms with Gasteiger partial charge in [-0.15, -0.1) is 0 Å². The third-order valence-corrected chi connectivity index (χ3v) is 3.71.